The van der Waals surface area contributed by atoms with E-state index in [1.165, 1.54) is 38.5 Å². The Morgan fingerprint density at radius 3 is 2.77 bits per heavy atom. The van der Waals surface area contributed by atoms with Crippen LogP contribution in [0.5, 0.6) is 0 Å². The van der Waals surface area contributed by atoms with Gasteiger partial charge in [0.15, 0.2) is 0 Å². The number of fused-ring (bicyclic) bond motifs is 1. The van der Waals surface area contributed by atoms with Crippen LogP contribution in [-0.4, -0.2) is 39.5 Å². The Balaban J connectivity index is 1.47. The molecule has 2 aliphatic carbocycles. The van der Waals surface area contributed by atoms with Gasteiger partial charge >= 0.3 is 0 Å². The highest BCUT2D eigenvalue weighted by atomic mass is 16.1. The second kappa shape index (κ2) is 5.69. The summed E-state index contributed by atoms with van der Waals surface area (Å²) in [5, 5.41) is 3.02. The molecule has 22 heavy (non-hydrogen) atoms. The Bertz CT molecular complexity index is 557. The zero-order chi connectivity index (χ0) is 15.1. The van der Waals surface area contributed by atoms with Gasteiger partial charge in [0.25, 0.3) is 5.91 Å². The molecule has 5 nitrogen and oxygen atoms in total. The van der Waals surface area contributed by atoms with Crippen LogP contribution in [0.25, 0.3) is 0 Å². The number of hydrogen-bond donors (Lipinski definition) is 1. The predicted octanol–water partition coefficient (Wildman–Crippen LogP) is 2.34. The molecule has 2 heterocycles. The molecule has 5 heteroatoms. The largest absolute Gasteiger partial charge is 0.350 e. The molecule has 1 atom stereocenters. The number of aromatic nitrogens is 2. The summed E-state index contributed by atoms with van der Waals surface area (Å²) < 4.78 is 2.18. The zero-order valence-corrected chi connectivity index (χ0v) is 13.4. The monoisotopic (exact) mass is 302 g/mol. The van der Waals surface area contributed by atoms with Crippen LogP contribution in [0.4, 0.5) is 0 Å². The first kappa shape index (κ1) is 14.2. The Morgan fingerprint density at radius 2 is 2.05 bits per heavy atom. The second-order valence-electron chi connectivity index (χ2n) is 7.18. The Labute approximate surface area is 132 Å². The number of imidazole rings is 1. The third-order valence-electron chi connectivity index (χ3n) is 5.55. The van der Waals surface area contributed by atoms with E-state index in [4.69, 9.17) is 0 Å². The van der Waals surface area contributed by atoms with E-state index in [-0.39, 0.29) is 5.91 Å². The summed E-state index contributed by atoms with van der Waals surface area (Å²) in [6.45, 7) is 5.09. The van der Waals surface area contributed by atoms with E-state index in [2.05, 4.69) is 26.7 Å². The zero-order valence-electron chi connectivity index (χ0n) is 13.4. The molecule has 3 aliphatic rings. The van der Waals surface area contributed by atoms with Gasteiger partial charge in [-0.25, -0.2) is 4.98 Å². The normalized spacial score (nSPS) is 26.1. The average Bonchev–Trinajstić information content (AvgIpc) is 3.02. The lowest BCUT2D eigenvalue weighted by molar-refractivity contribution is 0.0946. The SMILES string of the molecule is C[C@H]1c2nc(C(=O)NCC3CC3)cn2CCN1C1CCCC1. The van der Waals surface area contributed by atoms with Crippen molar-refractivity contribution in [3.8, 4) is 0 Å². The standard InChI is InChI=1S/C17H26N4O/c1-12-16-19-15(17(22)18-10-13-6-7-13)11-20(16)8-9-21(12)14-4-2-3-5-14/h11-14H,2-10H2,1H3,(H,18,22)/t12-/m0/s1. The molecule has 2 saturated carbocycles. The predicted molar refractivity (Wildman–Crippen MR) is 84.7 cm³/mol. The Kier molecular flexibility index (Phi) is 3.68. The third-order valence-corrected chi connectivity index (χ3v) is 5.55. The first-order valence-electron chi connectivity index (χ1n) is 8.83. The van der Waals surface area contributed by atoms with Crippen molar-refractivity contribution in [3.63, 3.8) is 0 Å². The average molecular weight is 302 g/mol. The van der Waals surface area contributed by atoms with E-state index in [0.717, 1.165) is 25.5 Å². The molecule has 1 aromatic heterocycles. The summed E-state index contributed by atoms with van der Waals surface area (Å²) >= 11 is 0. The lowest BCUT2D eigenvalue weighted by atomic mass is 10.1. The van der Waals surface area contributed by atoms with Crippen LogP contribution < -0.4 is 5.32 Å². The fourth-order valence-corrected chi connectivity index (χ4v) is 4.00. The van der Waals surface area contributed by atoms with Gasteiger partial charge in [-0.2, -0.15) is 0 Å². The molecular weight excluding hydrogens is 276 g/mol. The maximum atomic E-state index is 12.2. The van der Waals surface area contributed by atoms with E-state index in [1.807, 2.05) is 6.20 Å². The molecule has 1 aliphatic heterocycles. The minimum atomic E-state index is -0.00610. The van der Waals surface area contributed by atoms with Gasteiger partial charge in [0.1, 0.15) is 11.5 Å². The van der Waals surface area contributed by atoms with Gasteiger partial charge in [0.2, 0.25) is 0 Å². The van der Waals surface area contributed by atoms with Gasteiger partial charge in [-0.15, -0.1) is 0 Å². The molecule has 1 N–H and O–H groups in total. The van der Waals surface area contributed by atoms with E-state index in [9.17, 15) is 4.79 Å². The smallest absolute Gasteiger partial charge is 0.271 e. The van der Waals surface area contributed by atoms with Crippen molar-refractivity contribution in [2.75, 3.05) is 13.1 Å². The topological polar surface area (TPSA) is 50.2 Å². The molecule has 1 aromatic rings. The Hall–Kier alpha value is -1.36. The van der Waals surface area contributed by atoms with Gasteiger partial charge in [0, 0.05) is 31.9 Å². The van der Waals surface area contributed by atoms with E-state index < -0.39 is 0 Å². The number of amides is 1. The highest BCUT2D eigenvalue weighted by Gasteiger charge is 2.33. The minimum absolute atomic E-state index is 0.00610. The summed E-state index contributed by atoms with van der Waals surface area (Å²) in [7, 11) is 0. The molecule has 0 aromatic carbocycles. The van der Waals surface area contributed by atoms with Gasteiger partial charge < -0.3 is 9.88 Å². The quantitative estimate of drug-likeness (QED) is 0.929. The van der Waals surface area contributed by atoms with Crippen molar-refractivity contribution in [3.05, 3.63) is 17.7 Å². The first-order valence-corrected chi connectivity index (χ1v) is 8.83. The highest BCUT2D eigenvalue weighted by Crippen LogP contribution is 2.33. The van der Waals surface area contributed by atoms with Crippen molar-refractivity contribution in [2.45, 2.75) is 64.1 Å². The van der Waals surface area contributed by atoms with Gasteiger partial charge in [-0.3, -0.25) is 9.69 Å². The fraction of sp³-hybridized carbons (Fsp3) is 0.765. The van der Waals surface area contributed by atoms with Crippen LogP contribution in [0.2, 0.25) is 0 Å². The van der Waals surface area contributed by atoms with Crippen LogP contribution in [0.1, 0.15) is 67.8 Å². The molecule has 0 bridgehead atoms. The van der Waals surface area contributed by atoms with Crippen LogP contribution in [0.3, 0.4) is 0 Å². The molecule has 0 saturated heterocycles. The number of carbonyl (C=O) groups excluding carboxylic acids is 1. The Morgan fingerprint density at radius 1 is 1.27 bits per heavy atom. The van der Waals surface area contributed by atoms with E-state index in [1.54, 1.807) is 0 Å². The summed E-state index contributed by atoms with van der Waals surface area (Å²) in [5.41, 5.74) is 0.593. The first-order chi connectivity index (χ1) is 10.7. The molecule has 120 valence electrons. The molecular formula is C17H26N4O. The van der Waals surface area contributed by atoms with Crippen molar-refractivity contribution in [1.82, 2.24) is 19.8 Å². The number of carbonyl (C=O) groups is 1. The van der Waals surface area contributed by atoms with Crippen molar-refractivity contribution in [1.29, 1.82) is 0 Å². The van der Waals surface area contributed by atoms with Crippen LogP contribution in [0.15, 0.2) is 6.20 Å². The summed E-state index contributed by atoms with van der Waals surface area (Å²) in [6.07, 6.45) is 9.81. The molecule has 0 radical (unpaired) electrons. The molecule has 4 rings (SSSR count). The van der Waals surface area contributed by atoms with Crippen molar-refractivity contribution in [2.24, 2.45) is 5.92 Å². The summed E-state index contributed by atoms with van der Waals surface area (Å²) in [4.78, 5) is 19.5. The summed E-state index contributed by atoms with van der Waals surface area (Å²) in [6, 6.07) is 1.04. The second-order valence-corrected chi connectivity index (χ2v) is 7.18. The fourth-order valence-electron chi connectivity index (χ4n) is 4.00. The van der Waals surface area contributed by atoms with Crippen molar-refractivity contribution < 1.29 is 4.79 Å². The lowest BCUT2D eigenvalue weighted by Crippen LogP contribution is -2.42. The van der Waals surface area contributed by atoms with Gasteiger partial charge in [-0.1, -0.05) is 12.8 Å². The number of hydrogen-bond acceptors (Lipinski definition) is 3. The minimum Gasteiger partial charge on any atom is -0.350 e. The van der Waals surface area contributed by atoms with Gasteiger partial charge in [0.05, 0.1) is 6.04 Å². The maximum Gasteiger partial charge on any atom is 0.271 e. The molecule has 0 spiro atoms. The van der Waals surface area contributed by atoms with Crippen molar-refractivity contribution >= 4 is 5.91 Å². The van der Waals surface area contributed by atoms with E-state index in [0.29, 0.717) is 23.7 Å². The summed E-state index contributed by atoms with van der Waals surface area (Å²) in [5.74, 6) is 1.76. The van der Waals surface area contributed by atoms with E-state index >= 15 is 0 Å². The number of nitrogens with zero attached hydrogens (tertiary/aromatic N) is 3. The highest BCUT2D eigenvalue weighted by molar-refractivity contribution is 5.92. The number of rotatable bonds is 4. The van der Waals surface area contributed by atoms with Gasteiger partial charge in [-0.05, 0) is 38.5 Å². The molecule has 1 amide bonds. The maximum absolute atomic E-state index is 12.2. The number of nitrogens with one attached hydrogen (secondary N) is 1. The van der Waals surface area contributed by atoms with Crippen LogP contribution in [0, 0.1) is 5.92 Å². The lowest BCUT2D eigenvalue weighted by Gasteiger charge is -2.38. The third kappa shape index (κ3) is 2.67. The molecule has 2 fully saturated rings. The van der Waals surface area contributed by atoms with Crippen LogP contribution >= 0.6 is 0 Å². The van der Waals surface area contributed by atoms with Crippen LogP contribution in [-0.2, 0) is 6.54 Å². The molecule has 0 unspecified atom stereocenters.